The summed E-state index contributed by atoms with van der Waals surface area (Å²) < 4.78 is 16.9. The van der Waals surface area contributed by atoms with Crippen LogP contribution in [-0.2, 0) is 0 Å². The van der Waals surface area contributed by atoms with Crippen molar-refractivity contribution in [2.24, 2.45) is 0 Å². The van der Waals surface area contributed by atoms with Crippen molar-refractivity contribution in [3.05, 3.63) is 109 Å². The number of pyridine rings is 1. The molecule has 0 spiro atoms. The fraction of sp³-hybridized carbons (Fsp3) is 0. The Morgan fingerprint density at radius 3 is 2.39 bits per heavy atom. The SMILES string of the molecule is Fc1ccc(-c2nc3ccccn3c2-c2cccc(-c3cc4ccccc4s3)c2)cc1. The molecular formula is C27H17FN2S. The Hall–Kier alpha value is -3.76. The predicted octanol–water partition coefficient (Wildman–Crippen LogP) is 7.69. The fourth-order valence-electron chi connectivity index (χ4n) is 4.02. The molecule has 0 aliphatic heterocycles. The van der Waals surface area contributed by atoms with Crippen molar-refractivity contribution in [1.29, 1.82) is 0 Å². The monoisotopic (exact) mass is 420 g/mol. The second-order valence-corrected chi connectivity index (χ2v) is 8.56. The molecule has 4 heteroatoms. The van der Waals surface area contributed by atoms with Crippen LogP contribution in [0.15, 0.2) is 103 Å². The maximum Gasteiger partial charge on any atom is 0.137 e. The van der Waals surface area contributed by atoms with E-state index in [1.165, 1.54) is 32.7 Å². The number of aromatic nitrogens is 2. The lowest BCUT2D eigenvalue weighted by molar-refractivity contribution is 0.628. The number of benzene rings is 3. The largest absolute Gasteiger partial charge is 0.299 e. The van der Waals surface area contributed by atoms with E-state index in [0.717, 1.165) is 28.2 Å². The van der Waals surface area contributed by atoms with E-state index in [1.807, 2.05) is 24.4 Å². The Kier molecular flexibility index (Phi) is 4.18. The molecule has 6 rings (SSSR count). The van der Waals surface area contributed by atoms with Gasteiger partial charge in [0, 0.05) is 26.9 Å². The lowest BCUT2D eigenvalue weighted by Gasteiger charge is -2.08. The van der Waals surface area contributed by atoms with Gasteiger partial charge in [-0.05, 0) is 65.5 Å². The van der Waals surface area contributed by atoms with Crippen LogP contribution >= 0.6 is 11.3 Å². The van der Waals surface area contributed by atoms with Crippen molar-refractivity contribution in [2.45, 2.75) is 0 Å². The first-order valence-electron chi connectivity index (χ1n) is 10.1. The second-order valence-electron chi connectivity index (χ2n) is 7.47. The van der Waals surface area contributed by atoms with Crippen molar-refractivity contribution in [1.82, 2.24) is 9.38 Å². The van der Waals surface area contributed by atoms with E-state index in [2.05, 4.69) is 59.0 Å². The molecular weight excluding hydrogens is 403 g/mol. The van der Waals surface area contributed by atoms with Crippen LogP contribution in [0.4, 0.5) is 4.39 Å². The van der Waals surface area contributed by atoms with Crippen molar-refractivity contribution in [3.63, 3.8) is 0 Å². The molecule has 0 atom stereocenters. The van der Waals surface area contributed by atoms with Gasteiger partial charge >= 0.3 is 0 Å². The highest BCUT2D eigenvalue weighted by Crippen LogP contribution is 2.38. The molecule has 0 radical (unpaired) electrons. The zero-order valence-electron chi connectivity index (χ0n) is 16.5. The number of rotatable bonds is 3. The molecule has 2 nitrogen and oxygen atoms in total. The van der Waals surface area contributed by atoms with E-state index in [1.54, 1.807) is 23.5 Å². The van der Waals surface area contributed by atoms with Gasteiger partial charge in [0.25, 0.3) is 0 Å². The molecule has 3 heterocycles. The summed E-state index contributed by atoms with van der Waals surface area (Å²) in [6, 6.07) is 31.8. The smallest absolute Gasteiger partial charge is 0.137 e. The van der Waals surface area contributed by atoms with Gasteiger partial charge in [0.05, 0.1) is 11.4 Å². The summed E-state index contributed by atoms with van der Waals surface area (Å²) in [7, 11) is 0. The van der Waals surface area contributed by atoms with Crippen molar-refractivity contribution >= 4 is 27.1 Å². The average Bonchev–Trinajstić information content (AvgIpc) is 3.41. The van der Waals surface area contributed by atoms with Crippen molar-refractivity contribution < 1.29 is 4.39 Å². The number of hydrogen-bond acceptors (Lipinski definition) is 2. The van der Waals surface area contributed by atoms with Crippen LogP contribution in [0.3, 0.4) is 0 Å². The van der Waals surface area contributed by atoms with E-state index in [9.17, 15) is 4.39 Å². The molecule has 0 bridgehead atoms. The van der Waals surface area contributed by atoms with E-state index in [-0.39, 0.29) is 5.82 Å². The Balaban J connectivity index is 1.56. The number of imidazole rings is 1. The van der Waals surface area contributed by atoms with Gasteiger partial charge in [-0.2, -0.15) is 0 Å². The molecule has 0 aliphatic rings. The van der Waals surface area contributed by atoms with Crippen LogP contribution < -0.4 is 0 Å². The van der Waals surface area contributed by atoms with Gasteiger partial charge in [-0.3, -0.25) is 4.40 Å². The summed E-state index contributed by atoms with van der Waals surface area (Å²) in [4.78, 5) is 6.11. The summed E-state index contributed by atoms with van der Waals surface area (Å²) >= 11 is 1.80. The van der Waals surface area contributed by atoms with Crippen LogP contribution in [0.2, 0.25) is 0 Å². The third kappa shape index (κ3) is 3.13. The highest BCUT2D eigenvalue weighted by Gasteiger charge is 2.16. The molecule has 0 saturated carbocycles. The van der Waals surface area contributed by atoms with Crippen LogP contribution in [-0.4, -0.2) is 9.38 Å². The first kappa shape index (κ1) is 18.0. The number of halogens is 1. The Morgan fingerprint density at radius 2 is 1.52 bits per heavy atom. The van der Waals surface area contributed by atoms with Gasteiger partial charge in [-0.15, -0.1) is 11.3 Å². The van der Waals surface area contributed by atoms with Gasteiger partial charge < -0.3 is 0 Å². The van der Waals surface area contributed by atoms with Crippen LogP contribution in [0.1, 0.15) is 0 Å². The normalized spacial score (nSPS) is 11.4. The highest BCUT2D eigenvalue weighted by molar-refractivity contribution is 7.22. The number of nitrogens with zero attached hydrogens (tertiary/aromatic N) is 2. The minimum atomic E-state index is -0.249. The highest BCUT2D eigenvalue weighted by atomic mass is 32.1. The maximum absolute atomic E-state index is 13.5. The third-order valence-electron chi connectivity index (χ3n) is 5.49. The Labute approximate surface area is 182 Å². The first-order valence-corrected chi connectivity index (χ1v) is 10.9. The first-order chi connectivity index (χ1) is 15.3. The maximum atomic E-state index is 13.5. The van der Waals surface area contributed by atoms with Gasteiger partial charge in [0.2, 0.25) is 0 Å². The molecule has 3 aromatic carbocycles. The van der Waals surface area contributed by atoms with Gasteiger partial charge in [-0.25, -0.2) is 9.37 Å². The lowest BCUT2D eigenvalue weighted by atomic mass is 10.0. The minimum absolute atomic E-state index is 0.249. The summed E-state index contributed by atoms with van der Waals surface area (Å²) in [5.74, 6) is -0.249. The fourth-order valence-corrected chi connectivity index (χ4v) is 5.08. The number of fused-ring (bicyclic) bond motifs is 2. The quantitative estimate of drug-likeness (QED) is 0.287. The zero-order valence-corrected chi connectivity index (χ0v) is 17.3. The second kappa shape index (κ2) is 7.18. The standard InChI is InChI=1S/C27H17FN2S/c28-22-13-11-18(12-14-22)26-27(30-15-4-3-10-25(30)29-26)21-8-5-7-19(16-21)24-17-20-6-1-2-9-23(20)31-24/h1-17H. The molecule has 0 N–H and O–H groups in total. The summed E-state index contributed by atoms with van der Waals surface area (Å²) in [5, 5.41) is 1.26. The van der Waals surface area contributed by atoms with Crippen molar-refractivity contribution in [2.75, 3.05) is 0 Å². The molecule has 0 fully saturated rings. The summed E-state index contributed by atoms with van der Waals surface area (Å²) in [6.07, 6.45) is 2.02. The molecule has 0 saturated heterocycles. The van der Waals surface area contributed by atoms with E-state index >= 15 is 0 Å². The van der Waals surface area contributed by atoms with Gasteiger partial charge in [0.1, 0.15) is 11.5 Å². The zero-order chi connectivity index (χ0) is 20.8. The number of thiophene rings is 1. The Morgan fingerprint density at radius 1 is 0.710 bits per heavy atom. The van der Waals surface area contributed by atoms with Crippen LogP contribution in [0.25, 0.3) is 48.7 Å². The molecule has 31 heavy (non-hydrogen) atoms. The summed E-state index contributed by atoms with van der Waals surface area (Å²) in [5.41, 5.74) is 5.86. The van der Waals surface area contributed by atoms with E-state index < -0.39 is 0 Å². The third-order valence-corrected chi connectivity index (χ3v) is 6.66. The van der Waals surface area contributed by atoms with Crippen LogP contribution in [0, 0.1) is 5.82 Å². The molecule has 3 aromatic heterocycles. The van der Waals surface area contributed by atoms with Crippen LogP contribution in [0.5, 0.6) is 0 Å². The van der Waals surface area contributed by atoms with E-state index in [0.29, 0.717) is 0 Å². The topological polar surface area (TPSA) is 17.3 Å². The molecule has 0 unspecified atom stereocenters. The molecule has 0 amide bonds. The van der Waals surface area contributed by atoms with Crippen molar-refractivity contribution in [3.8, 4) is 33.0 Å². The predicted molar refractivity (Wildman–Crippen MR) is 127 cm³/mol. The molecule has 0 aliphatic carbocycles. The van der Waals surface area contributed by atoms with Gasteiger partial charge in [-0.1, -0.05) is 42.5 Å². The Bertz CT molecular complexity index is 1510. The summed E-state index contributed by atoms with van der Waals surface area (Å²) in [6.45, 7) is 0. The minimum Gasteiger partial charge on any atom is -0.299 e. The van der Waals surface area contributed by atoms with E-state index in [4.69, 9.17) is 4.98 Å². The molecule has 6 aromatic rings. The molecule has 148 valence electrons. The average molecular weight is 421 g/mol. The number of hydrogen-bond donors (Lipinski definition) is 0. The lowest BCUT2D eigenvalue weighted by Crippen LogP contribution is -1.90. The van der Waals surface area contributed by atoms with Gasteiger partial charge in [0.15, 0.2) is 0 Å².